The summed E-state index contributed by atoms with van der Waals surface area (Å²) in [6.07, 6.45) is 1.14. The Balaban J connectivity index is 2.12. The number of aryl methyl sites for hydroxylation is 1. The number of hydrogen-bond donors (Lipinski definition) is 1. The van der Waals surface area contributed by atoms with E-state index in [-0.39, 0.29) is 12.0 Å². The summed E-state index contributed by atoms with van der Waals surface area (Å²) >= 11 is 0. The van der Waals surface area contributed by atoms with Crippen LogP contribution in [-0.2, 0) is 0 Å². The Hall–Kier alpha value is -1.02. The van der Waals surface area contributed by atoms with E-state index in [2.05, 4.69) is 49.9 Å². The molecular weight excluding hydrogens is 210 g/mol. The molecule has 0 saturated carbocycles. The van der Waals surface area contributed by atoms with Crippen LogP contribution >= 0.6 is 0 Å². The molecule has 0 bridgehead atoms. The minimum atomic E-state index is 0.260. The van der Waals surface area contributed by atoms with Crippen molar-refractivity contribution in [1.82, 2.24) is 0 Å². The fraction of sp³-hybridized carbons (Fsp3) is 0.600. The number of rotatable bonds is 2. The van der Waals surface area contributed by atoms with E-state index in [1.165, 1.54) is 11.3 Å². The van der Waals surface area contributed by atoms with Gasteiger partial charge in [0.05, 0.1) is 0 Å². The fourth-order valence-corrected chi connectivity index (χ4v) is 2.53. The molecule has 2 nitrogen and oxygen atoms in total. The first-order valence-corrected chi connectivity index (χ1v) is 6.45. The molecule has 0 spiro atoms. The molecule has 1 aliphatic rings. The van der Waals surface area contributed by atoms with Crippen molar-refractivity contribution in [3.63, 3.8) is 0 Å². The Morgan fingerprint density at radius 2 is 1.94 bits per heavy atom. The summed E-state index contributed by atoms with van der Waals surface area (Å²) in [7, 11) is 0. The van der Waals surface area contributed by atoms with Crippen LogP contribution in [0.1, 0.15) is 25.8 Å². The molecule has 1 atom stereocenters. The van der Waals surface area contributed by atoms with Gasteiger partial charge in [0.25, 0.3) is 0 Å². The molecule has 0 radical (unpaired) electrons. The van der Waals surface area contributed by atoms with E-state index < -0.39 is 0 Å². The molecule has 94 valence electrons. The zero-order valence-electron chi connectivity index (χ0n) is 11.1. The smallest absolute Gasteiger partial charge is 0.0481 e. The van der Waals surface area contributed by atoms with Gasteiger partial charge in [-0.1, -0.05) is 31.5 Å². The van der Waals surface area contributed by atoms with Gasteiger partial charge >= 0.3 is 0 Å². The Bertz CT molecular complexity index is 369. The molecule has 1 unspecified atom stereocenters. The first-order valence-electron chi connectivity index (χ1n) is 6.45. The highest BCUT2D eigenvalue weighted by molar-refractivity contribution is 5.48. The van der Waals surface area contributed by atoms with E-state index in [4.69, 9.17) is 0 Å². The zero-order chi connectivity index (χ0) is 12.5. The SMILES string of the molecule is Cc1ccc(N2CCC(C)(C)C(CO)C2)cc1. The Labute approximate surface area is 104 Å². The summed E-state index contributed by atoms with van der Waals surface area (Å²) in [5.41, 5.74) is 2.84. The molecular formula is C15H23NO. The molecule has 0 aromatic heterocycles. The second-order valence-electron chi connectivity index (χ2n) is 5.90. The van der Waals surface area contributed by atoms with Crippen molar-refractivity contribution in [1.29, 1.82) is 0 Å². The maximum atomic E-state index is 9.51. The monoisotopic (exact) mass is 233 g/mol. The lowest BCUT2D eigenvalue weighted by Gasteiger charge is -2.44. The lowest BCUT2D eigenvalue weighted by molar-refractivity contribution is 0.0967. The highest BCUT2D eigenvalue weighted by atomic mass is 16.3. The standard InChI is InChI=1S/C15H23NO/c1-12-4-6-14(7-5-12)16-9-8-15(2,3)13(10-16)11-17/h4-7,13,17H,8-11H2,1-3H3. The molecule has 1 aromatic carbocycles. The van der Waals surface area contributed by atoms with Gasteiger partial charge in [-0.25, -0.2) is 0 Å². The van der Waals surface area contributed by atoms with Gasteiger partial charge in [0.15, 0.2) is 0 Å². The summed E-state index contributed by atoms with van der Waals surface area (Å²) in [6.45, 7) is 8.98. The minimum Gasteiger partial charge on any atom is -0.396 e. The summed E-state index contributed by atoms with van der Waals surface area (Å²) in [6, 6.07) is 8.68. The van der Waals surface area contributed by atoms with Gasteiger partial charge < -0.3 is 10.0 Å². The third-order valence-corrected chi connectivity index (χ3v) is 4.19. The minimum absolute atomic E-state index is 0.260. The second-order valence-corrected chi connectivity index (χ2v) is 5.90. The average Bonchev–Trinajstić information content (AvgIpc) is 2.30. The van der Waals surface area contributed by atoms with Gasteiger partial charge in [0.1, 0.15) is 0 Å². The van der Waals surface area contributed by atoms with Crippen LogP contribution in [0.5, 0.6) is 0 Å². The van der Waals surface area contributed by atoms with Crippen molar-refractivity contribution >= 4 is 5.69 Å². The molecule has 2 heteroatoms. The number of benzene rings is 1. The Kier molecular flexibility index (Phi) is 3.43. The predicted octanol–water partition coefficient (Wildman–Crippen LogP) is 2.84. The summed E-state index contributed by atoms with van der Waals surface area (Å²) in [5.74, 6) is 0.373. The fourth-order valence-electron chi connectivity index (χ4n) is 2.53. The van der Waals surface area contributed by atoms with Gasteiger partial charge in [-0.2, -0.15) is 0 Å². The van der Waals surface area contributed by atoms with E-state index >= 15 is 0 Å². The van der Waals surface area contributed by atoms with Crippen LogP contribution in [0.2, 0.25) is 0 Å². The quantitative estimate of drug-likeness (QED) is 0.849. The van der Waals surface area contributed by atoms with E-state index in [0.29, 0.717) is 5.92 Å². The zero-order valence-corrected chi connectivity index (χ0v) is 11.1. The van der Waals surface area contributed by atoms with Crippen LogP contribution in [0.3, 0.4) is 0 Å². The van der Waals surface area contributed by atoms with Crippen molar-refractivity contribution in [3.05, 3.63) is 29.8 Å². The Morgan fingerprint density at radius 3 is 2.53 bits per heavy atom. The van der Waals surface area contributed by atoms with Crippen LogP contribution in [0, 0.1) is 18.3 Å². The number of piperidine rings is 1. The summed E-state index contributed by atoms with van der Waals surface area (Å²) < 4.78 is 0. The maximum absolute atomic E-state index is 9.51. The summed E-state index contributed by atoms with van der Waals surface area (Å²) in [5, 5.41) is 9.51. The van der Waals surface area contributed by atoms with Crippen LogP contribution in [0.4, 0.5) is 5.69 Å². The number of aliphatic hydroxyl groups is 1. The molecule has 1 N–H and O–H groups in total. The maximum Gasteiger partial charge on any atom is 0.0481 e. The van der Waals surface area contributed by atoms with Crippen molar-refractivity contribution < 1.29 is 5.11 Å². The molecule has 17 heavy (non-hydrogen) atoms. The van der Waals surface area contributed by atoms with Gasteiger partial charge in [0, 0.05) is 31.3 Å². The number of anilines is 1. The van der Waals surface area contributed by atoms with Crippen LogP contribution < -0.4 is 4.90 Å². The highest BCUT2D eigenvalue weighted by Gasteiger charge is 2.34. The van der Waals surface area contributed by atoms with Crippen molar-refractivity contribution in [2.45, 2.75) is 27.2 Å². The van der Waals surface area contributed by atoms with E-state index in [1.807, 2.05) is 0 Å². The number of nitrogens with zero attached hydrogens (tertiary/aromatic N) is 1. The molecule has 2 rings (SSSR count). The van der Waals surface area contributed by atoms with Crippen molar-refractivity contribution in [2.24, 2.45) is 11.3 Å². The van der Waals surface area contributed by atoms with E-state index in [0.717, 1.165) is 19.5 Å². The summed E-state index contributed by atoms with van der Waals surface area (Å²) in [4.78, 5) is 2.39. The first kappa shape index (κ1) is 12.4. The second kappa shape index (κ2) is 4.69. The number of aliphatic hydroxyl groups excluding tert-OH is 1. The lowest BCUT2D eigenvalue weighted by Crippen LogP contribution is -2.46. The highest BCUT2D eigenvalue weighted by Crippen LogP contribution is 2.36. The molecule has 1 heterocycles. The molecule has 1 saturated heterocycles. The van der Waals surface area contributed by atoms with Gasteiger partial charge in [0.2, 0.25) is 0 Å². The third-order valence-electron chi connectivity index (χ3n) is 4.19. The van der Waals surface area contributed by atoms with E-state index in [9.17, 15) is 5.11 Å². The third kappa shape index (κ3) is 2.63. The topological polar surface area (TPSA) is 23.5 Å². The lowest BCUT2D eigenvalue weighted by atomic mass is 9.73. The number of hydrogen-bond acceptors (Lipinski definition) is 2. The van der Waals surface area contributed by atoms with Gasteiger partial charge in [-0.05, 0) is 30.9 Å². The molecule has 0 aliphatic carbocycles. The predicted molar refractivity (Wildman–Crippen MR) is 72.4 cm³/mol. The van der Waals surface area contributed by atoms with Crippen LogP contribution in [-0.4, -0.2) is 24.8 Å². The normalized spacial score (nSPS) is 23.8. The van der Waals surface area contributed by atoms with Crippen molar-refractivity contribution in [2.75, 3.05) is 24.6 Å². The first-order chi connectivity index (χ1) is 8.03. The average molecular weight is 233 g/mol. The molecule has 1 aromatic rings. The van der Waals surface area contributed by atoms with Crippen LogP contribution in [0.15, 0.2) is 24.3 Å². The van der Waals surface area contributed by atoms with Crippen molar-refractivity contribution in [3.8, 4) is 0 Å². The largest absolute Gasteiger partial charge is 0.396 e. The molecule has 1 aliphatic heterocycles. The molecule has 1 fully saturated rings. The van der Waals surface area contributed by atoms with Gasteiger partial charge in [-0.15, -0.1) is 0 Å². The van der Waals surface area contributed by atoms with Gasteiger partial charge in [-0.3, -0.25) is 0 Å². The van der Waals surface area contributed by atoms with E-state index in [1.54, 1.807) is 0 Å². The Morgan fingerprint density at radius 1 is 1.29 bits per heavy atom. The van der Waals surface area contributed by atoms with Crippen LogP contribution in [0.25, 0.3) is 0 Å². The molecule has 0 amide bonds.